The molecule has 0 unspecified atom stereocenters. The maximum absolute atomic E-state index is 12.3. The van der Waals surface area contributed by atoms with Gasteiger partial charge < -0.3 is 15.2 Å². The zero-order valence-corrected chi connectivity index (χ0v) is 13.1. The van der Waals surface area contributed by atoms with Gasteiger partial charge in [-0.25, -0.2) is 4.98 Å². The number of amides is 1. The molecule has 0 saturated heterocycles. The number of halogens is 3. The molecule has 0 aromatic carbocycles. The Morgan fingerprint density at radius 3 is 2.70 bits per heavy atom. The lowest BCUT2D eigenvalue weighted by Crippen LogP contribution is -2.25. The summed E-state index contributed by atoms with van der Waals surface area (Å²) in [5, 5.41) is 9.47. The molecule has 0 aliphatic rings. The molecule has 0 atom stereocenters. The van der Waals surface area contributed by atoms with E-state index in [1.165, 1.54) is 11.3 Å². The Balaban J connectivity index is 1.88. The molecule has 0 radical (unpaired) electrons. The zero-order valence-electron chi connectivity index (χ0n) is 12.3. The number of hydrogen-bond acceptors (Lipinski definition) is 7. The third-order valence-electron chi connectivity index (χ3n) is 2.68. The van der Waals surface area contributed by atoms with Crippen molar-refractivity contribution in [3.8, 4) is 0 Å². The molecule has 0 aliphatic carbocycles. The molecule has 11 heteroatoms. The minimum absolute atomic E-state index is 0.0310. The summed E-state index contributed by atoms with van der Waals surface area (Å²) < 4.78 is 41.0. The lowest BCUT2D eigenvalue weighted by molar-refractivity contribution is -0.159. The van der Waals surface area contributed by atoms with Crippen LogP contribution in [-0.2, 0) is 12.6 Å². The molecular weight excluding hydrogens is 335 g/mol. The van der Waals surface area contributed by atoms with Gasteiger partial charge >= 0.3 is 12.1 Å². The van der Waals surface area contributed by atoms with Crippen molar-refractivity contribution in [3.63, 3.8) is 0 Å². The number of anilines is 1. The number of aromatic nitrogens is 3. The average molecular weight is 349 g/mol. The Labute approximate surface area is 133 Å². The Kier molecular flexibility index (Phi) is 5.19. The fraction of sp³-hybridized carbons (Fsp3) is 0.500. The fourth-order valence-electron chi connectivity index (χ4n) is 1.67. The van der Waals surface area contributed by atoms with E-state index < -0.39 is 12.1 Å². The van der Waals surface area contributed by atoms with Gasteiger partial charge in [0.25, 0.3) is 5.91 Å². The average Bonchev–Trinajstić information content (AvgIpc) is 3.05. The molecule has 2 N–H and O–H groups in total. The van der Waals surface area contributed by atoms with Gasteiger partial charge in [-0.15, -0.1) is 0 Å². The van der Waals surface area contributed by atoms with Gasteiger partial charge in [-0.3, -0.25) is 4.79 Å². The highest BCUT2D eigenvalue weighted by Gasteiger charge is 2.38. The first-order valence-electron chi connectivity index (χ1n) is 6.70. The Morgan fingerprint density at radius 1 is 1.35 bits per heavy atom. The number of alkyl halides is 3. The van der Waals surface area contributed by atoms with Crippen molar-refractivity contribution in [3.05, 3.63) is 22.3 Å². The number of rotatable bonds is 6. The molecule has 0 saturated carbocycles. The van der Waals surface area contributed by atoms with Gasteiger partial charge in [-0.1, -0.05) is 16.5 Å². The fourth-order valence-corrected chi connectivity index (χ4v) is 2.62. The highest BCUT2D eigenvalue weighted by atomic mass is 32.1. The van der Waals surface area contributed by atoms with Crippen LogP contribution in [0.1, 0.15) is 34.0 Å². The van der Waals surface area contributed by atoms with E-state index in [-0.39, 0.29) is 24.7 Å². The van der Waals surface area contributed by atoms with E-state index in [1.54, 1.807) is 6.92 Å². The summed E-state index contributed by atoms with van der Waals surface area (Å²) >= 11 is 1.21. The first kappa shape index (κ1) is 17.2. The third kappa shape index (κ3) is 4.41. The van der Waals surface area contributed by atoms with E-state index in [4.69, 9.17) is 0 Å². The van der Waals surface area contributed by atoms with Crippen molar-refractivity contribution in [2.24, 2.45) is 0 Å². The molecule has 1 amide bonds. The van der Waals surface area contributed by atoms with Gasteiger partial charge in [0.1, 0.15) is 4.88 Å². The summed E-state index contributed by atoms with van der Waals surface area (Å²) in [7, 11) is 0. The molecule has 126 valence electrons. The monoisotopic (exact) mass is 349 g/mol. The Morgan fingerprint density at radius 2 is 2.09 bits per heavy atom. The quantitative estimate of drug-likeness (QED) is 0.831. The third-order valence-corrected chi connectivity index (χ3v) is 3.79. The highest BCUT2D eigenvalue weighted by molar-refractivity contribution is 7.17. The van der Waals surface area contributed by atoms with E-state index in [9.17, 15) is 18.0 Å². The lowest BCUT2D eigenvalue weighted by Gasteiger charge is -2.01. The van der Waals surface area contributed by atoms with E-state index >= 15 is 0 Å². The van der Waals surface area contributed by atoms with Crippen LogP contribution in [-0.4, -0.2) is 34.1 Å². The van der Waals surface area contributed by atoms with Crippen molar-refractivity contribution >= 4 is 22.4 Å². The second-order valence-electron chi connectivity index (χ2n) is 4.48. The van der Waals surface area contributed by atoms with E-state index in [2.05, 4.69) is 30.3 Å². The molecule has 0 fully saturated rings. The number of nitrogens with zero attached hydrogens (tertiary/aromatic N) is 3. The van der Waals surface area contributed by atoms with Crippen LogP contribution < -0.4 is 10.6 Å². The maximum Gasteiger partial charge on any atom is 0.471 e. The number of aryl methyl sites for hydroxylation is 1. The summed E-state index contributed by atoms with van der Waals surface area (Å²) in [6.07, 6.45) is -4.64. The number of carbonyl (C=O) groups excluding carboxylic acids is 1. The van der Waals surface area contributed by atoms with Crippen LogP contribution in [0.5, 0.6) is 0 Å². The summed E-state index contributed by atoms with van der Waals surface area (Å²) in [5.41, 5.74) is 0.586. The van der Waals surface area contributed by atoms with Crippen molar-refractivity contribution in [2.75, 3.05) is 18.4 Å². The first-order valence-corrected chi connectivity index (χ1v) is 7.52. The largest absolute Gasteiger partial charge is 0.471 e. The highest BCUT2D eigenvalue weighted by Crippen LogP contribution is 2.27. The molecule has 2 rings (SSSR count). The first-order chi connectivity index (χ1) is 10.8. The van der Waals surface area contributed by atoms with Crippen LogP contribution in [0.4, 0.5) is 18.3 Å². The normalized spacial score (nSPS) is 11.5. The van der Waals surface area contributed by atoms with Crippen molar-refractivity contribution < 1.29 is 22.5 Å². The predicted molar refractivity (Wildman–Crippen MR) is 76.4 cm³/mol. The number of nitrogens with one attached hydrogen (secondary N) is 2. The van der Waals surface area contributed by atoms with Crippen LogP contribution in [0.15, 0.2) is 4.52 Å². The summed E-state index contributed by atoms with van der Waals surface area (Å²) in [6, 6.07) is 0. The van der Waals surface area contributed by atoms with E-state index in [0.717, 1.165) is 0 Å². The van der Waals surface area contributed by atoms with Crippen molar-refractivity contribution in [2.45, 2.75) is 26.4 Å². The SMILES string of the molecule is CCNc1nc(C)c(C(=O)NCCc2noc(C(F)(F)F)n2)s1. The predicted octanol–water partition coefficient (Wildman–Crippen LogP) is 2.26. The van der Waals surface area contributed by atoms with Crippen LogP contribution in [0.3, 0.4) is 0 Å². The molecule has 2 aromatic rings. The smallest absolute Gasteiger partial charge is 0.362 e. The molecule has 0 bridgehead atoms. The summed E-state index contributed by atoms with van der Waals surface area (Å²) in [5.74, 6) is -1.86. The van der Waals surface area contributed by atoms with Crippen LogP contribution >= 0.6 is 11.3 Å². The Bertz CT molecular complexity index is 683. The molecule has 7 nitrogen and oxygen atoms in total. The number of hydrogen-bond donors (Lipinski definition) is 2. The topological polar surface area (TPSA) is 92.9 Å². The van der Waals surface area contributed by atoms with Gasteiger partial charge in [-0.05, 0) is 13.8 Å². The van der Waals surface area contributed by atoms with Crippen LogP contribution in [0, 0.1) is 6.92 Å². The molecule has 2 aromatic heterocycles. The number of thiazole rings is 1. The van der Waals surface area contributed by atoms with Crippen molar-refractivity contribution in [1.29, 1.82) is 0 Å². The van der Waals surface area contributed by atoms with Gasteiger partial charge in [0.05, 0.1) is 5.69 Å². The molecule has 0 spiro atoms. The summed E-state index contributed by atoms with van der Waals surface area (Å²) in [4.78, 5) is 19.9. The minimum Gasteiger partial charge on any atom is -0.362 e. The van der Waals surface area contributed by atoms with E-state index in [1.807, 2.05) is 6.92 Å². The minimum atomic E-state index is -4.67. The number of carbonyl (C=O) groups is 1. The summed E-state index contributed by atoms with van der Waals surface area (Å²) in [6.45, 7) is 4.40. The van der Waals surface area contributed by atoms with Gasteiger partial charge in [-0.2, -0.15) is 18.2 Å². The molecule has 0 aliphatic heterocycles. The molecular formula is C12H14F3N5O2S. The lowest BCUT2D eigenvalue weighted by atomic mass is 10.3. The second kappa shape index (κ2) is 6.94. The van der Waals surface area contributed by atoms with Gasteiger partial charge in [0, 0.05) is 19.5 Å². The van der Waals surface area contributed by atoms with Crippen LogP contribution in [0.2, 0.25) is 0 Å². The zero-order chi connectivity index (χ0) is 17.0. The van der Waals surface area contributed by atoms with Crippen LogP contribution in [0.25, 0.3) is 0 Å². The van der Waals surface area contributed by atoms with Gasteiger partial charge in [0.15, 0.2) is 11.0 Å². The second-order valence-corrected chi connectivity index (χ2v) is 5.48. The Hall–Kier alpha value is -2.17. The standard InChI is InChI=1S/C12H14F3N5O2S/c1-3-16-11-18-6(2)8(23-11)9(21)17-5-4-7-19-10(22-20-7)12(13,14)15/h3-5H2,1-2H3,(H,16,18)(H,17,21). The molecule has 2 heterocycles. The molecule has 23 heavy (non-hydrogen) atoms. The van der Waals surface area contributed by atoms with Gasteiger partial charge in [0.2, 0.25) is 0 Å². The van der Waals surface area contributed by atoms with Crippen molar-refractivity contribution in [1.82, 2.24) is 20.4 Å². The maximum atomic E-state index is 12.3. The van der Waals surface area contributed by atoms with E-state index in [0.29, 0.717) is 22.2 Å².